The first-order valence-corrected chi connectivity index (χ1v) is 11.7. The number of rotatable bonds is 4. The second-order valence-corrected chi connectivity index (χ2v) is 11.5. The number of carboxylic acids is 1. The van der Waals surface area contributed by atoms with Crippen LogP contribution in [0.2, 0.25) is 0 Å². The molecule has 160 valence electrons. The van der Waals surface area contributed by atoms with Crippen molar-refractivity contribution in [2.45, 2.75) is 97.2 Å². The van der Waals surface area contributed by atoms with Crippen molar-refractivity contribution in [3.63, 3.8) is 0 Å². The average molecular weight is 393 g/mol. The maximum Gasteiger partial charge on any atom is 0.303 e. The number of hydrogen-bond donors (Lipinski definition) is 3. The molecule has 0 heterocycles. The molecular weight excluding hydrogens is 352 g/mol. The van der Waals surface area contributed by atoms with Crippen molar-refractivity contribution in [1.29, 1.82) is 0 Å². The Morgan fingerprint density at radius 2 is 1.68 bits per heavy atom. The molecule has 4 aliphatic rings. The third-order valence-electron chi connectivity index (χ3n) is 10.3. The van der Waals surface area contributed by atoms with Crippen molar-refractivity contribution < 1.29 is 20.1 Å². The van der Waals surface area contributed by atoms with Crippen LogP contribution in [0.5, 0.6) is 0 Å². The molecule has 28 heavy (non-hydrogen) atoms. The molecule has 4 saturated carbocycles. The Balaban J connectivity index is 1.51. The molecule has 4 rings (SSSR count). The van der Waals surface area contributed by atoms with Gasteiger partial charge < -0.3 is 15.3 Å². The number of carboxylic acid groups (broad SMARTS) is 1. The smallest absolute Gasteiger partial charge is 0.303 e. The van der Waals surface area contributed by atoms with Crippen molar-refractivity contribution in [2.75, 3.05) is 0 Å². The molecule has 0 spiro atoms. The van der Waals surface area contributed by atoms with Crippen LogP contribution < -0.4 is 0 Å². The molecule has 0 unspecified atom stereocenters. The minimum Gasteiger partial charge on any atom is -0.481 e. The van der Waals surface area contributed by atoms with Gasteiger partial charge in [0.25, 0.3) is 0 Å². The highest BCUT2D eigenvalue weighted by atomic mass is 16.5. The van der Waals surface area contributed by atoms with E-state index in [4.69, 9.17) is 5.11 Å². The van der Waals surface area contributed by atoms with Crippen LogP contribution in [0.4, 0.5) is 0 Å². The summed E-state index contributed by atoms with van der Waals surface area (Å²) in [6.45, 7) is 7.26. The standard InChI is InChI=1S/C24H40O4/c1-15(4-9-21(25)26)18-7-8-19-17-6-5-16-14-24(27,28)13-12-22(16,2)20(17)10-11-23(18,19)3/h15-20,27-28H,4-14H2,1-3H3,(H,25,26)/t15-,16-,17+,18-,19+,20+,22+,23-/m1/s1. The monoisotopic (exact) mass is 392 g/mol. The van der Waals surface area contributed by atoms with Crippen LogP contribution in [-0.2, 0) is 4.79 Å². The predicted octanol–water partition coefficient (Wildman–Crippen LogP) is 4.83. The van der Waals surface area contributed by atoms with E-state index in [1.807, 2.05) is 0 Å². The fraction of sp³-hybridized carbons (Fsp3) is 0.958. The molecule has 0 radical (unpaired) electrons. The van der Waals surface area contributed by atoms with Crippen LogP contribution in [0.25, 0.3) is 0 Å². The SMILES string of the molecule is C[C@H](CCC(=O)O)[C@H]1CC[C@H]2[C@@H]3CC[C@@H]4CC(O)(O)CC[C@]4(C)[C@H]3CC[C@]12C. The lowest BCUT2D eigenvalue weighted by Gasteiger charge is -2.61. The van der Waals surface area contributed by atoms with Crippen LogP contribution in [0, 0.1) is 46.3 Å². The summed E-state index contributed by atoms with van der Waals surface area (Å²) in [6.07, 6.45) is 10.7. The summed E-state index contributed by atoms with van der Waals surface area (Å²) in [6, 6.07) is 0. The van der Waals surface area contributed by atoms with Gasteiger partial charge in [-0.2, -0.15) is 0 Å². The number of aliphatic hydroxyl groups is 2. The van der Waals surface area contributed by atoms with Crippen LogP contribution in [-0.4, -0.2) is 27.1 Å². The molecule has 0 aromatic carbocycles. The quantitative estimate of drug-likeness (QED) is 0.599. The van der Waals surface area contributed by atoms with Crippen molar-refractivity contribution >= 4 is 5.97 Å². The summed E-state index contributed by atoms with van der Waals surface area (Å²) in [7, 11) is 0. The third kappa shape index (κ3) is 3.23. The zero-order valence-corrected chi connectivity index (χ0v) is 18.0. The lowest BCUT2D eigenvalue weighted by atomic mass is 9.44. The van der Waals surface area contributed by atoms with E-state index < -0.39 is 11.8 Å². The first-order chi connectivity index (χ1) is 13.1. The van der Waals surface area contributed by atoms with Crippen LogP contribution in [0.3, 0.4) is 0 Å². The maximum atomic E-state index is 11.0. The fourth-order valence-electron chi connectivity index (χ4n) is 8.75. The second-order valence-electron chi connectivity index (χ2n) is 11.5. The van der Waals surface area contributed by atoms with Gasteiger partial charge in [0.15, 0.2) is 5.79 Å². The van der Waals surface area contributed by atoms with E-state index in [-0.39, 0.29) is 5.41 Å². The molecule has 8 atom stereocenters. The lowest BCUT2D eigenvalue weighted by molar-refractivity contribution is -0.233. The summed E-state index contributed by atoms with van der Waals surface area (Å²) >= 11 is 0. The Hall–Kier alpha value is -0.610. The van der Waals surface area contributed by atoms with Gasteiger partial charge in [-0.1, -0.05) is 20.8 Å². The molecular formula is C24H40O4. The highest BCUT2D eigenvalue weighted by Crippen LogP contribution is 2.68. The van der Waals surface area contributed by atoms with E-state index in [9.17, 15) is 15.0 Å². The van der Waals surface area contributed by atoms with Gasteiger partial charge in [0.1, 0.15) is 0 Å². The minimum atomic E-state index is -1.45. The lowest BCUT2D eigenvalue weighted by Crippen LogP contribution is -2.56. The third-order valence-corrected chi connectivity index (χ3v) is 10.3. The first kappa shape index (κ1) is 20.7. The highest BCUT2D eigenvalue weighted by Gasteiger charge is 2.61. The zero-order chi connectivity index (χ0) is 20.3. The molecule has 3 N–H and O–H groups in total. The van der Waals surface area contributed by atoms with Crippen molar-refractivity contribution in [3.8, 4) is 0 Å². The van der Waals surface area contributed by atoms with E-state index in [1.165, 1.54) is 32.1 Å². The molecule has 0 saturated heterocycles. The molecule has 0 aromatic heterocycles. The van der Waals surface area contributed by atoms with E-state index in [0.29, 0.717) is 42.4 Å². The normalized spacial score (nSPS) is 48.2. The van der Waals surface area contributed by atoms with Gasteiger partial charge in [0.2, 0.25) is 0 Å². The second kappa shape index (κ2) is 6.97. The molecule has 4 heteroatoms. The number of carbonyl (C=O) groups is 1. The Morgan fingerprint density at radius 1 is 0.964 bits per heavy atom. The largest absolute Gasteiger partial charge is 0.481 e. The summed E-state index contributed by atoms with van der Waals surface area (Å²) in [4.78, 5) is 11.0. The molecule has 4 aliphatic carbocycles. The number of hydrogen-bond acceptors (Lipinski definition) is 3. The zero-order valence-electron chi connectivity index (χ0n) is 18.0. The summed E-state index contributed by atoms with van der Waals surface area (Å²) in [5, 5.41) is 29.5. The van der Waals surface area contributed by atoms with E-state index in [2.05, 4.69) is 20.8 Å². The Kier molecular flexibility index (Phi) is 5.14. The van der Waals surface area contributed by atoms with Gasteiger partial charge in [-0.25, -0.2) is 0 Å². The average Bonchev–Trinajstić information content (AvgIpc) is 2.97. The number of aliphatic carboxylic acids is 1. The molecule has 0 amide bonds. The van der Waals surface area contributed by atoms with Crippen LogP contribution in [0.1, 0.15) is 91.4 Å². The molecule has 0 aliphatic heterocycles. The first-order valence-electron chi connectivity index (χ1n) is 11.7. The summed E-state index contributed by atoms with van der Waals surface area (Å²) < 4.78 is 0. The maximum absolute atomic E-state index is 11.0. The topological polar surface area (TPSA) is 77.8 Å². The molecule has 4 fully saturated rings. The highest BCUT2D eigenvalue weighted by molar-refractivity contribution is 5.66. The van der Waals surface area contributed by atoms with Crippen molar-refractivity contribution in [2.24, 2.45) is 46.3 Å². The van der Waals surface area contributed by atoms with Gasteiger partial charge in [0, 0.05) is 19.3 Å². The summed E-state index contributed by atoms with van der Waals surface area (Å²) in [5.41, 5.74) is 0.640. The molecule has 0 bridgehead atoms. The number of fused-ring (bicyclic) bond motifs is 5. The van der Waals surface area contributed by atoms with Gasteiger partial charge in [0.05, 0.1) is 0 Å². The Bertz CT molecular complexity index is 616. The van der Waals surface area contributed by atoms with Crippen molar-refractivity contribution in [3.05, 3.63) is 0 Å². The van der Waals surface area contributed by atoms with Crippen LogP contribution >= 0.6 is 0 Å². The predicted molar refractivity (Wildman–Crippen MR) is 108 cm³/mol. The minimum absolute atomic E-state index is 0.270. The van der Waals surface area contributed by atoms with E-state index in [1.54, 1.807) is 0 Å². The van der Waals surface area contributed by atoms with Gasteiger partial charge in [-0.05, 0) is 97.7 Å². The fourth-order valence-corrected chi connectivity index (χ4v) is 8.75. The molecule has 4 nitrogen and oxygen atoms in total. The van der Waals surface area contributed by atoms with Crippen molar-refractivity contribution in [1.82, 2.24) is 0 Å². The Labute approximate surface area is 170 Å². The summed E-state index contributed by atoms with van der Waals surface area (Å²) in [5.74, 6) is 1.78. The molecule has 0 aromatic rings. The van der Waals surface area contributed by atoms with Crippen LogP contribution in [0.15, 0.2) is 0 Å². The van der Waals surface area contributed by atoms with Gasteiger partial charge >= 0.3 is 5.97 Å². The van der Waals surface area contributed by atoms with E-state index >= 15 is 0 Å². The van der Waals surface area contributed by atoms with Gasteiger partial charge in [-0.3, -0.25) is 4.79 Å². The van der Waals surface area contributed by atoms with E-state index in [0.717, 1.165) is 37.0 Å². The van der Waals surface area contributed by atoms with Gasteiger partial charge in [-0.15, -0.1) is 0 Å². The Morgan fingerprint density at radius 3 is 2.39 bits per heavy atom.